The minimum atomic E-state index is -0.421. The highest BCUT2D eigenvalue weighted by Gasteiger charge is 2.29. The topological polar surface area (TPSA) is 84.8 Å². The smallest absolute Gasteiger partial charge is 0.263 e. The first kappa shape index (κ1) is 25.7. The van der Waals surface area contributed by atoms with E-state index in [1.807, 2.05) is 48.5 Å². The predicted molar refractivity (Wildman–Crippen MR) is 157 cm³/mol. The number of carbonyl (C=O) groups is 1. The number of carbonyl (C=O) groups excluding carboxylic acids is 1. The van der Waals surface area contributed by atoms with Crippen LogP contribution < -0.4 is 25.8 Å². The van der Waals surface area contributed by atoms with Gasteiger partial charge >= 0.3 is 0 Å². The van der Waals surface area contributed by atoms with E-state index in [0.29, 0.717) is 5.69 Å². The first-order valence-electron chi connectivity index (χ1n) is 13.6. The van der Waals surface area contributed by atoms with Gasteiger partial charge in [-0.25, -0.2) is 0 Å². The summed E-state index contributed by atoms with van der Waals surface area (Å²) in [6.45, 7) is 3.20. The second kappa shape index (κ2) is 11.3. The number of hydrogen-bond donors (Lipinski definition) is 2. The molecule has 1 unspecified atom stereocenters. The van der Waals surface area contributed by atoms with E-state index in [0.717, 1.165) is 61.8 Å². The third kappa shape index (κ3) is 5.18. The van der Waals surface area contributed by atoms with Gasteiger partial charge in [0.2, 0.25) is 0 Å². The predicted octanol–water partition coefficient (Wildman–Crippen LogP) is 5.23. The van der Waals surface area contributed by atoms with Crippen molar-refractivity contribution in [1.29, 1.82) is 0 Å². The van der Waals surface area contributed by atoms with Crippen LogP contribution >= 0.6 is 0 Å². The maximum Gasteiger partial charge on any atom is 0.263 e. The summed E-state index contributed by atoms with van der Waals surface area (Å²) in [6.07, 6.45) is 3.51. The molecule has 204 valence electrons. The number of amides is 1. The number of pyridine rings is 1. The van der Waals surface area contributed by atoms with Gasteiger partial charge in [-0.05, 0) is 90.7 Å². The van der Waals surface area contributed by atoms with E-state index < -0.39 is 5.91 Å². The summed E-state index contributed by atoms with van der Waals surface area (Å²) in [5.74, 6) is 0.369. The number of benzene rings is 3. The Morgan fingerprint density at radius 1 is 0.900 bits per heavy atom. The van der Waals surface area contributed by atoms with E-state index in [-0.39, 0.29) is 17.2 Å². The number of nitrogens with zero attached hydrogens (tertiary/aromatic N) is 2. The standard InChI is InChI=1S/C32H32N4O4/c1-39-25-13-11-23(12-14-25)33-22-7-9-24(10-8-22)34-31(37)28-5-3-17-36(32(28)38)30-16-15-27-26(30)4-2-6-29(27)35-18-20-40-21-19-35/h2-14,17,30,33H,15-16,18-21H2,1H3,(H,34,37). The highest BCUT2D eigenvalue weighted by molar-refractivity contribution is 6.04. The summed E-state index contributed by atoms with van der Waals surface area (Å²) >= 11 is 0. The van der Waals surface area contributed by atoms with Crippen molar-refractivity contribution in [3.05, 3.63) is 112 Å². The molecule has 1 aliphatic carbocycles. The average molecular weight is 537 g/mol. The van der Waals surface area contributed by atoms with Crippen LogP contribution in [0.5, 0.6) is 5.75 Å². The second-order valence-electron chi connectivity index (χ2n) is 10.0. The largest absolute Gasteiger partial charge is 0.497 e. The number of anilines is 4. The Morgan fingerprint density at radius 3 is 2.33 bits per heavy atom. The maximum absolute atomic E-state index is 13.5. The third-order valence-corrected chi connectivity index (χ3v) is 7.64. The van der Waals surface area contributed by atoms with E-state index in [2.05, 4.69) is 33.7 Å². The van der Waals surface area contributed by atoms with Crippen LogP contribution in [-0.2, 0) is 11.2 Å². The van der Waals surface area contributed by atoms with Crippen molar-refractivity contribution in [3.63, 3.8) is 0 Å². The lowest BCUT2D eigenvalue weighted by molar-refractivity contribution is 0.102. The van der Waals surface area contributed by atoms with Crippen LogP contribution in [0.25, 0.3) is 0 Å². The van der Waals surface area contributed by atoms with Crippen LogP contribution in [0, 0.1) is 0 Å². The fourth-order valence-electron chi connectivity index (χ4n) is 5.61. The van der Waals surface area contributed by atoms with E-state index >= 15 is 0 Å². The van der Waals surface area contributed by atoms with Crippen LogP contribution in [0.15, 0.2) is 89.9 Å². The van der Waals surface area contributed by atoms with Crippen LogP contribution in [-0.4, -0.2) is 43.9 Å². The zero-order valence-electron chi connectivity index (χ0n) is 22.4. The van der Waals surface area contributed by atoms with Crippen molar-refractivity contribution in [2.24, 2.45) is 0 Å². The van der Waals surface area contributed by atoms with Gasteiger partial charge in [0.05, 0.1) is 26.4 Å². The minimum absolute atomic E-state index is 0.0976. The lowest BCUT2D eigenvalue weighted by Crippen LogP contribution is -2.36. The number of rotatable bonds is 7. The molecular formula is C32H32N4O4. The Hall–Kier alpha value is -4.56. The molecule has 0 saturated carbocycles. The van der Waals surface area contributed by atoms with Crippen molar-refractivity contribution >= 4 is 28.7 Å². The van der Waals surface area contributed by atoms with Gasteiger partial charge in [-0.1, -0.05) is 12.1 Å². The molecule has 2 heterocycles. The summed E-state index contributed by atoms with van der Waals surface area (Å²) < 4.78 is 12.4. The van der Waals surface area contributed by atoms with E-state index in [1.54, 1.807) is 30.0 Å². The third-order valence-electron chi connectivity index (χ3n) is 7.64. The summed E-state index contributed by atoms with van der Waals surface area (Å²) in [4.78, 5) is 29.1. The molecule has 1 fully saturated rings. The van der Waals surface area contributed by atoms with Crippen LogP contribution in [0.2, 0.25) is 0 Å². The van der Waals surface area contributed by atoms with E-state index in [9.17, 15) is 9.59 Å². The van der Waals surface area contributed by atoms with Gasteiger partial charge in [-0.3, -0.25) is 9.59 Å². The summed E-state index contributed by atoms with van der Waals surface area (Å²) in [6, 6.07) is 24.6. The molecule has 2 aliphatic rings. The summed E-state index contributed by atoms with van der Waals surface area (Å²) in [7, 11) is 1.64. The number of aromatic nitrogens is 1. The summed E-state index contributed by atoms with van der Waals surface area (Å²) in [5, 5.41) is 6.20. The molecule has 2 N–H and O–H groups in total. The molecule has 1 aliphatic heterocycles. The van der Waals surface area contributed by atoms with Crippen molar-refractivity contribution < 1.29 is 14.3 Å². The normalized spacial score (nSPS) is 16.3. The number of hydrogen-bond acceptors (Lipinski definition) is 6. The first-order chi connectivity index (χ1) is 19.6. The van der Waals surface area contributed by atoms with E-state index in [1.165, 1.54) is 11.3 Å². The molecule has 8 heteroatoms. The second-order valence-corrected chi connectivity index (χ2v) is 10.0. The molecule has 3 aromatic carbocycles. The lowest BCUT2D eigenvalue weighted by atomic mass is 10.0. The number of methoxy groups -OCH3 is 1. The molecular weight excluding hydrogens is 504 g/mol. The maximum atomic E-state index is 13.5. The van der Waals surface area contributed by atoms with Gasteiger partial charge in [0.25, 0.3) is 11.5 Å². The minimum Gasteiger partial charge on any atom is -0.497 e. The van der Waals surface area contributed by atoms with Gasteiger partial charge in [0, 0.05) is 42.0 Å². The van der Waals surface area contributed by atoms with Gasteiger partial charge in [0.1, 0.15) is 11.3 Å². The molecule has 6 rings (SSSR count). The zero-order chi connectivity index (χ0) is 27.5. The van der Waals surface area contributed by atoms with Crippen LogP contribution in [0.4, 0.5) is 22.7 Å². The van der Waals surface area contributed by atoms with Gasteiger partial charge in [-0.2, -0.15) is 0 Å². The van der Waals surface area contributed by atoms with Crippen LogP contribution in [0.1, 0.15) is 33.9 Å². The van der Waals surface area contributed by atoms with Crippen molar-refractivity contribution in [2.75, 3.05) is 48.9 Å². The highest BCUT2D eigenvalue weighted by Crippen LogP contribution is 2.39. The molecule has 0 spiro atoms. The Balaban J connectivity index is 1.17. The molecule has 1 amide bonds. The van der Waals surface area contributed by atoms with Crippen molar-refractivity contribution in [3.8, 4) is 5.75 Å². The van der Waals surface area contributed by atoms with Crippen molar-refractivity contribution in [1.82, 2.24) is 4.57 Å². The van der Waals surface area contributed by atoms with Crippen molar-refractivity contribution in [2.45, 2.75) is 18.9 Å². The Morgan fingerprint density at radius 2 is 1.60 bits per heavy atom. The average Bonchev–Trinajstić information content (AvgIpc) is 3.43. The fourth-order valence-corrected chi connectivity index (χ4v) is 5.61. The zero-order valence-corrected chi connectivity index (χ0v) is 22.4. The number of nitrogens with one attached hydrogen (secondary N) is 2. The molecule has 0 bridgehead atoms. The fraction of sp³-hybridized carbons (Fsp3) is 0.250. The Bertz CT molecular complexity index is 1560. The van der Waals surface area contributed by atoms with Gasteiger partial charge < -0.3 is 29.6 Å². The first-order valence-corrected chi connectivity index (χ1v) is 13.6. The summed E-state index contributed by atoms with van der Waals surface area (Å²) in [5.41, 5.74) is 5.93. The Labute approximate surface area is 233 Å². The Kier molecular flexibility index (Phi) is 7.25. The number of fused-ring (bicyclic) bond motifs is 1. The number of morpholine rings is 1. The van der Waals surface area contributed by atoms with E-state index in [4.69, 9.17) is 9.47 Å². The highest BCUT2D eigenvalue weighted by atomic mass is 16.5. The quantitative estimate of drug-likeness (QED) is 0.337. The molecule has 0 radical (unpaired) electrons. The van der Waals surface area contributed by atoms with Gasteiger partial charge in [-0.15, -0.1) is 0 Å². The van der Waals surface area contributed by atoms with Crippen LogP contribution in [0.3, 0.4) is 0 Å². The molecule has 1 aromatic heterocycles. The number of ether oxygens (including phenoxy) is 2. The molecule has 1 saturated heterocycles. The molecule has 40 heavy (non-hydrogen) atoms. The molecule has 8 nitrogen and oxygen atoms in total. The molecule has 4 aromatic rings. The van der Waals surface area contributed by atoms with Gasteiger partial charge in [0.15, 0.2) is 0 Å². The lowest BCUT2D eigenvalue weighted by Gasteiger charge is -2.30. The monoisotopic (exact) mass is 536 g/mol. The SMILES string of the molecule is COc1ccc(Nc2ccc(NC(=O)c3cccn(C4CCc5c4cccc5N4CCOCC4)c3=O)cc2)cc1. The molecule has 1 atom stereocenters.